The Morgan fingerprint density at radius 1 is 0.978 bits per heavy atom. The molecule has 2 aliphatic rings. The topological polar surface area (TPSA) is 109 Å². The van der Waals surface area contributed by atoms with Crippen LogP contribution in [-0.4, -0.2) is 55.0 Å². The van der Waals surface area contributed by atoms with E-state index < -0.39 is 16.0 Å². The zero-order valence-corrected chi connectivity index (χ0v) is 26.9. The summed E-state index contributed by atoms with van der Waals surface area (Å²) < 4.78 is 13.0. The number of likely N-dealkylation sites (tertiary alicyclic amines) is 1. The van der Waals surface area contributed by atoms with Crippen LogP contribution < -0.4 is 11.0 Å². The molecule has 9 nitrogen and oxygen atoms in total. The number of ether oxygens (including phenoxy) is 2. The van der Waals surface area contributed by atoms with Crippen molar-refractivity contribution in [1.29, 1.82) is 0 Å². The number of rotatable bonds is 7. The number of piperidine rings is 1. The van der Waals surface area contributed by atoms with Crippen LogP contribution in [0, 0.1) is 5.92 Å². The lowest BCUT2D eigenvalue weighted by molar-refractivity contribution is -0.276. The summed E-state index contributed by atoms with van der Waals surface area (Å²) in [5, 5.41) is 12.1. The van der Waals surface area contributed by atoms with Gasteiger partial charge in [0, 0.05) is 42.8 Å². The van der Waals surface area contributed by atoms with Crippen LogP contribution >= 0.6 is 34.8 Å². The molecule has 6 rings (SSSR count). The fraction of sp³-hybridized carbons (Fsp3) is 0.394. The molecule has 3 heterocycles. The average molecular weight is 674 g/mol. The zero-order valence-electron chi connectivity index (χ0n) is 24.7. The van der Waals surface area contributed by atoms with Crippen LogP contribution in [0.25, 0.3) is 11.0 Å². The van der Waals surface area contributed by atoms with Crippen molar-refractivity contribution < 1.29 is 19.4 Å². The number of amides is 1. The Bertz CT molecular complexity index is 1680. The van der Waals surface area contributed by atoms with Crippen molar-refractivity contribution >= 4 is 57.4 Å². The first-order chi connectivity index (χ1) is 21.6. The summed E-state index contributed by atoms with van der Waals surface area (Å²) in [4.78, 5) is 30.3. The minimum Gasteiger partial charge on any atom is -0.392 e. The molecule has 0 saturated carbocycles. The van der Waals surface area contributed by atoms with Gasteiger partial charge in [-0.15, -0.1) is 0 Å². The maximum atomic E-state index is 12.8. The number of nitrogens with one attached hydrogen (secondary N) is 2. The first-order valence-electron chi connectivity index (χ1n) is 15.0. The van der Waals surface area contributed by atoms with E-state index in [9.17, 15) is 14.7 Å². The molecule has 3 N–H and O–H groups in total. The Balaban J connectivity index is 1.18. The highest BCUT2D eigenvalue weighted by Crippen LogP contribution is 2.42. The molecule has 0 unspecified atom stereocenters. The van der Waals surface area contributed by atoms with Crippen molar-refractivity contribution in [2.75, 3.05) is 25.0 Å². The summed E-state index contributed by atoms with van der Waals surface area (Å²) in [5.74, 6) is -0.720. The number of alkyl halides is 3. The summed E-state index contributed by atoms with van der Waals surface area (Å²) >= 11 is 17.1. The number of aliphatic hydroxyl groups is 1. The zero-order chi connectivity index (χ0) is 31.7. The minimum absolute atomic E-state index is 0.0260. The predicted octanol–water partition coefficient (Wildman–Crippen LogP) is 6.26. The number of H-pyrrole nitrogens is 1. The number of benzene rings is 3. The lowest BCUT2D eigenvalue weighted by Gasteiger charge is -2.44. The quantitative estimate of drug-likeness (QED) is 0.200. The Hall–Kier alpha value is -2.89. The number of imidazole rings is 1. The third-order valence-electron chi connectivity index (χ3n) is 8.81. The van der Waals surface area contributed by atoms with E-state index in [1.165, 1.54) is 0 Å². The van der Waals surface area contributed by atoms with Crippen molar-refractivity contribution in [3.8, 4) is 0 Å². The summed E-state index contributed by atoms with van der Waals surface area (Å²) in [7, 11) is 0. The van der Waals surface area contributed by atoms with Gasteiger partial charge in [-0.25, -0.2) is 4.79 Å². The number of carbonyl (C=O) groups is 1. The van der Waals surface area contributed by atoms with E-state index >= 15 is 0 Å². The molecule has 1 aromatic heterocycles. The fourth-order valence-electron chi connectivity index (χ4n) is 6.30. The van der Waals surface area contributed by atoms with Crippen LogP contribution in [0.15, 0.2) is 77.6 Å². The molecule has 2 fully saturated rings. The van der Waals surface area contributed by atoms with E-state index in [0.717, 1.165) is 53.7 Å². The van der Waals surface area contributed by atoms with Crippen LogP contribution in [0.5, 0.6) is 0 Å². The van der Waals surface area contributed by atoms with E-state index in [-0.39, 0.29) is 36.5 Å². The number of para-hydroxylation sites is 2. The van der Waals surface area contributed by atoms with Gasteiger partial charge in [0.25, 0.3) is 9.70 Å². The lowest BCUT2D eigenvalue weighted by atomic mass is 9.89. The lowest BCUT2D eigenvalue weighted by Crippen LogP contribution is -2.47. The summed E-state index contributed by atoms with van der Waals surface area (Å²) in [5.41, 5.74) is 4.83. The number of carbonyl (C=O) groups excluding carboxylic acids is 1. The van der Waals surface area contributed by atoms with Crippen LogP contribution in [0.2, 0.25) is 0 Å². The molecule has 2 aliphatic heterocycles. The molecule has 0 aliphatic carbocycles. The molecule has 4 aromatic rings. The van der Waals surface area contributed by atoms with E-state index in [1.54, 1.807) is 12.1 Å². The normalized spacial score (nSPS) is 23.3. The van der Waals surface area contributed by atoms with Gasteiger partial charge in [0.1, 0.15) is 0 Å². The van der Waals surface area contributed by atoms with Crippen molar-refractivity contribution in [1.82, 2.24) is 14.5 Å². The third kappa shape index (κ3) is 7.10. The first-order valence-corrected chi connectivity index (χ1v) is 16.1. The Morgan fingerprint density at radius 2 is 1.64 bits per heavy atom. The van der Waals surface area contributed by atoms with Crippen LogP contribution in [0.1, 0.15) is 54.9 Å². The van der Waals surface area contributed by atoms with Crippen molar-refractivity contribution in [2.24, 2.45) is 5.92 Å². The maximum Gasteiger partial charge on any atom is 0.326 e. The number of aromatic nitrogens is 2. The van der Waals surface area contributed by atoms with Crippen LogP contribution in [0.3, 0.4) is 0 Å². The molecule has 0 bridgehead atoms. The minimum atomic E-state index is -2.07. The highest BCUT2D eigenvalue weighted by atomic mass is 35.6. The monoisotopic (exact) mass is 672 g/mol. The number of nitrogens with zero attached hydrogens (tertiary/aromatic N) is 2. The van der Waals surface area contributed by atoms with Gasteiger partial charge >= 0.3 is 5.69 Å². The number of hydrogen-bond acceptors (Lipinski definition) is 6. The van der Waals surface area contributed by atoms with Gasteiger partial charge < -0.3 is 29.8 Å². The van der Waals surface area contributed by atoms with Crippen LogP contribution in [-0.2, 0) is 20.9 Å². The molecule has 45 heavy (non-hydrogen) atoms. The van der Waals surface area contributed by atoms with E-state index in [1.807, 2.05) is 65.2 Å². The van der Waals surface area contributed by atoms with Gasteiger partial charge in [0.15, 0.2) is 6.29 Å². The largest absolute Gasteiger partial charge is 0.392 e. The number of fused-ring (bicyclic) bond motifs is 1. The molecule has 2 saturated heterocycles. The smallest absolute Gasteiger partial charge is 0.326 e. The molecule has 238 valence electrons. The third-order valence-corrected chi connectivity index (χ3v) is 9.32. The number of anilines is 1. The van der Waals surface area contributed by atoms with E-state index in [0.29, 0.717) is 12.2 Å². The molecule has 0 radical (unpaired) electrons. The number of aromatic amines is 1. The first kappa shape index (κ1) is 32.1. The van der Waals surface area contributed by atoms with E-state index in [4.69, 9.17) is 44.3 Å². The van der Waals surface area contributed by atoms with Crippen molar-refractivity contribution in [3.63, 3.8) is 0 Å². The second-order valence-electron chi connectivity index (χ2n) is 11.7. The Labute approximate surface area is 276 Å². The van der Waals surface area contributed by atoms with Gasteiger partial charge in [-0.2, -0.15) is 0 Å². The molecule has 3 aromatic carbocycles. The fourth-order valence-corrected chi connectivity index (χ4v) is 6.45. The maximum absolute atomic E-state index is 12.8. The second-order valence-corrected chi connectivity index (χ2v) is 14.0. The average Bonchev–Trinajstić information content (AvgIpc) is 3.38. The Morgan fingerprint density at radius 3 is 2.31 bits per heavy atom. The molecular formula is C33H35Cl3N4O5. The van der Waals surface area contributed by atoms with Crippen molar-refractivity contribution in [2.45, 2.75) is 54.7 Å². The van der Waals surface area contributed by atoms with E-state index in [2.05, 4.69) is 22.1 Å². The molecule has 12 heteroatoms. The van der Waals surface area contributed by atoms with Crippen LogP contribution in [0.4, 0.5) is 5.69 Å². The highest BCUT2D eigenvalue weighted by molar-refractivity contribution is 6.76. The molecule has 4 atom stereocenters. The summed E-state index contributed by atoms with van der Waals surface area (Å²) in [6.45, 7) is 4.49. The van der Waals surface area contributed by atoms with Gasteiger partial charge in [0.2, 0.25) is 0 Å². The standard InChI is InChI=1S/C33H35Cl3N4O5/c1-20-28(18-39-16-14-25(15-17-39)40-27-5-3-2-4-26(27)38-32(40)43)44-30(45-29(20)22-8-6-21(19-41)7-9-22)23-10-12-24(13-11-23)37-31(42)33(34,35)36/h2-13,20,25,28-30,41H,14-19H2,1H3,(H,37,42)(H,38,43)/t20-,28+,29+,30+/m1/s1. The van der Waals surface area contributed by atoms with Gasteiger partial charge in [-0.3, -0.25) is 9.36 Å². The summed E-state index contributed by atoms with van der Waals surface area (Å²) in [6.07, 6.45) is 0.649. The Kier molecular flexibility index (Phi) is 9.59. The SMILES string of the molecule is C[C@@H]1[C@H](CN2CCC(n3c(=O)[nH]c4ccccc43)CC2)O[C@H](c2ccc(NC(=O)C(Cl)(Cl)Cl)cc2)O[C@@H]1c1ccc(CO)cc1. The number of aliphatic hydroxyl groups excluding tert-OH is 1. The second kappa shape index (κ2) is 13.5. The number of halogens is 3. The molecular weight excluding hydrogens is 639 g/mol. The summed E-state index contributed by atoms with van der Waals surface area (Å²) in [6, 6.07) is 22.8. The number of hydrogen-bond donors (Lipinski definition) is 3. The van der Waals surface area contributed by atoms with Gasteiger partial charge in [0.05, 0.1) is 29.8 Å². The molecule has 1 amide bonds. The predicted molar refractivity (Wildman–Crippen MR) is 176 cm³/mol. The highest BCUT2D eigenvalue weighted by Gasteiger charge is 2.40. The van der Waals surface area contributed by atoms with Gasteiger partial charge in [-0.05, 0) is 48.2 Å². The van der Waals surface area contributed by atoms with Crippen molar-refractivity contribution in [3.05, 3.63) is 100.0 Å². The molecule has 0 spiro atoms. The van der Waals surface area contributed by atoms with Gasteiger partial charge in [-0.1, -0.05) is 90.3 Å².